The van der Waals surface area contributed by atoms with Crippen LogP contribution in [-0.2, 0) is 21.3 Å². The van der Waals surface area contributed by atoms with Gasteiger partial charge in [0.2, 0.25) is 10.0 Å². The van der Waals surface area contributed by atoms with Gasteiger partial charge in [0, 0.05) is 30.5 Å². The molecular weight excluding hydrogens is 386 g/mol. The second-order valence-corrected chi connectivity index (χ2v) is 9.09. The third-order valence-electron chi connectivity index (χ3n) is 5.02. The molecular formula is C22H25N3O3S. The predicted molar refractivity (Wildman–Crippen MR) is 113 cm³/mol. The number of hydrogen-bond donors (Lipinski definition) is 1. The Labute approximate surface area is 171 Å². The first-order valence-electron chi connectivity index (χ1n) is 9.89. The SMILES string of the molecule is O=S(=O)(CC1CCCCO1)NCc1cn(-c2ccccc2)nc1-c1ccccc1. The van der Waals surface area contributed by atoms with Crippen LogP contribution in [0.4, 0.5) is 0 Å². The van der Waals surface area contributed by atoms with Crippen molar-refractivity contribution in [1.29, 1.82) is 0 Å². The maximum absolute atomic E-state index is 12.6. The highest BCUT2D eigenvalue weighted by Gasteiger charge is 2.22. The van der Waals surface area contributed by atoms with Crippen molar-refractivity contribution >= 4 is 10.0 Å². The Balaban J connectivity index is 1.56. The zero-order valence-electron chi connectivity index (χ0n) is 16.2. The third-order valence-corrected chi connectivity index (χ3v) is 6.41. The highest BCUT2D eigenvalue weighted by Crippen LogP contribution is 2.24. The van der Waals surface area contributed by atoms with Gasteiger partial charge in [-0.3, -0.25) is 0 Å². The minimum absolute atomic E-state index is 0.000489. The predicted octanol–water partition coefficient (Wildman–Crippen LogP) is 3.53. The highest BCUT2D eigenvalue weighted by molar-refractivity contribution is 7.89. The molecule has 0 aliphatic carbocycles. The smallest absolute Gasteiger partial charge is 0.214 e. The summed E-state index contributed by atoms with van der Waals surface area (Å²) in [5, 5.41) is 4.72. The van der Waals surface area contributed by atoms with Gasteiger partial charge >= 0.3 is 0 Å². The van der Waals surface area contributed by atoms with E-state index in [1.54, 1.807) is 4.68 Å². The Morgan fingerprint density at radius 3 is 2.45 bits per heavy atom. The van der Waals surface area contributed by atoms with Crippen molar-refractivity contribution in [2.24, 2.45) is 0 Å². The molecule has 0 spiro atoms. The van der Waals surface area contributed by atoms with Gasteiger partial charge in [-0.2, -0.15) is 5.10 Å². The first-order chi connectivity index (χ1) is 14.1. The monoisotopic (exact) mass is 411 g/mol. The van der Waals surface area contributed by atoms with E-state index in [1.165, 1.54) is 0 Å². The van der Waals surface area contributed by atoms with Crippen LogP contribution in [0.1, 0.15) is 24.8 Å². The summed E-state index contributed by atoms with van der Waals surface area (Å²) in [6.07, 6.45) is 4.48. The van der Waals surface area contributed by atoms with Gasteiger partial charge in [-0.25, -0.2) is 17.8 Å². The van der Waals surface area contributed by atoms with Crippen LogP contribution in [0.25, 0.3) is 16.9 Å². The number of nitrogens with zero attached hydrogens (tertiary/aromatic N) is 2. The quantitative estimate of drug-likeness (QED) is 0.646. The summed E-state index contributed by atoms with van der Waals surface area (Å²) in [4.78, 5) is 0. The second-order valence-electron chi connectivity index (χ2n) is 7.24. The Morgan fingerprint density at radius 1 is 1.03 bits per heavy atom. The number of hydrogen-bond acceptors (Lipinski definition) is 4. The van der Waals surface area contributed by atoms with E-state index in [4.69, 9.17) is 9.84 Å². The lowest BCUT2D eigenvalue weighted by molar-refractivity contribution is 0.0304. The van der Waals surface area contributed by atoms with Crippen molar-refractivity contribution in [2.45, 2.75) is 31.9 Å². The van der Waals surface area contributed by atoms with E-state index >= 15 is 0 Å². The molecule has 0 saturated carbocycles. The topological polar surface area (TPSA) is 73.2 Å². The highest BCUT2D eigenvalue weighted by atomic mass is 32.2. The van der Waals surface area contributed by atoms with Crippen LogP contribution in [0.15, 0.2) is 66.9 Å². The van der Waals surface area contributed by atoms with Crippen LogP contribution in [-0.4, -0.2) is 36.7 Å². The Hall–Kier alpha value is -2.48. The van der Waals surface area contributed by atoms with Crippen molar-refractivity contribution < 1.29 is 13.2 Å². The molecule has 29 heavy (non-hydrogen) atoms. The molecule has 4 rings (SSSR count). The Kier molecular flexibility index (Phi) is 6.08. The molecule has 2 aromatic carbocycles. The molecule has 1 fully saturated rings. The molecule has 2 heterocycles. The number of aromatic nitrogens is 2. The largest absolute Gasteiger partial charge is 0.377 e. The van der Waals surface area contributed by atoms with E-state index in [0.29, 0.717) is 6.61 Å². The number of nitrogens with one attached hydrogen (secondary N) is 1. The summed E-state index contributed by atoms with van der Waals surface area (Å²) in [7, 11) is -3.45. The van der Waals surface area contributed by atoms with Crippen molar-refractivity contribution in [2.75, 3.05) is 12.4 Å². The van der Waals surface area contributed by atoms with Gasteiger partial charge in [0.25, 0.3) is 0 Å². The van der Waals surface area contributed by atoms with Crippen LogP contribution < -0.4 is 4.72 Å². The summed E-state index contributed by atoms with van der Waals surface area (Å²) in [5.74, 6) is 0.000489. The summed E-state index contributed by atoms with van der Waals surface area (Å²) < 4.78 is 35.3. The zero-order chi connectivity index (χ0) is 20.1. The lowest BCUT2D eigenvalue weighted by atomic mass is 10.1. The third kappa shape index (κ3) is 5.12. The van der Waals surface area contributed by atoms with Crippen LogP contribution in [0.3, 0.4) is 0 Å². The molecule has 1 unspecified atom stereocenters. The van der Waals surface area contributed by atoms with Gasteiger partial charge in [0.1, 0.15) is 0 Å². The van der Waals surface area contributed by atoms with Crippen molar-refractivity contribution in [1.82, 2.24) is 14.5 Å². The van der Waals surface area contributed by atoms with Crippen LogP contribution >= 0.6 is 0 Å². The average molecular weight is 412 g/mol. The first-order valence-corrected chi connectivity index (χ1v) is 11.5. The number of rotatable bonds is 7. The normalized spacial score (nSPS) is 17.3. The molecule has 0 bridgehead atoms. The minimum atomic E-state index is -3.45. The summed E-state index contributed by atoms with van der Waals surface area (Å²) >= 11 is 0. The van der Waals surface area contributed by atoms with Gasteiger partial charge in [0.05, 0.1) is 23.2 Å². The Bertz CT molecular complexity index is 1030. The standard InChI is InChI=1S/C22H25N3O3S/c26-29(27,17-21-13-7-8-14-28-21)23-15-19-16-25(20-11-5-2-6-12-20)24-22(19)18-9-3-1-4-10-18/h1-6,9-12,16,21,23H,7-8,13-15,17H2. The van der Waals surface area contributed by atoms with E-state index in [0.717, 1.165) is 41.8 Å². The molecule has 6 nitrogen and oxygen atoms in total. The van der Waals surface area contributed by atoms with Gasteiger partial charge in [-0.1, -0.05) is 48.5 Å². The van der Waals surface area contributed by atoms with Gasteiger partial charge in [0.15, 0.2) is 0 Å². The zero-order valence-corrected chi connectivity index (χ0v) is 17.0. The molecule has 3 aromatic rings. The number of benzene rings is 2. The lowest BCUT2D eigenvalue weighted by Gasteiger charge is -2.22. The number of sulfonamides is 1. The van der Waals surface area contributed by atoms with Gasteiger partial charge in [-0.05, 0) is 31.4 Å². The van der Waals surface area contributed by atoms with Crippen LogP contribution in [0, 0.1) is 0 Å². The average Bonchev–Trinajstić information content (AvgIpc) is 3.19. The maximum Gasteiger partial charge on any atom is 0.214 e. The summed E-state index contributed by atoms with van der Waals surface area (Å²) in [6.45, 7) is 0.828. The summed E-state index contributed by atoms with van der Waals surface area (Å²) in [6, 6.07) is 19.6. The maximum atomic E-state index is 12.6. The Morgan fingerprint density at radius 2 is 1.76 bits per heavy atom. The van der Waals surface area contributed by atoms with E-state index < -0.39 is 10.0 Å². The van der Waals surface area contributed by atoms with E-state index in [9.17, 15) is 8.42 Å². The van der Waals surface area contributed by atoms with Gasteiger partial charge in [-0.15, -0.1) is 0 Å². The fourth-order valence-electron chi connectivity index (χ4n) is 3.52. The van der Waals surface area contributed by atoms with Crippen LogP contribution in [0.2, 0.25) is 0 Å². The number of ether oxygens (including phenoxy) is 1. The lowest BCUT2D eigenvalue weighted by Crippen LogP contribution is -2.34. The van der Waals surface area contributed by atoms with Crippen molar-refractivity contribution in [3.63, 3.8) is 0 Å². The molecule has 1 aromatic heterocycles. The van der Waals surface area contributed by atoms with E-state index in [1.807, 2.05) is 66.9 Å². The molecule has 1 aliphatic rings. The van der Waals surface area contributed by atoms with E-state index in [-0.39, 0.29) is 18.4 Å². The molecule has 7 heteroatoms. The second kappa shape index (κ2) is 8.90. The summed E-state index contributed by atoms with van der Waals surface area (Å²) in [5.41, 5.74) is 3.47. The molecule has 1 saturated heterocycles. The number of para-hydroxylation sites is 1. The van der Waals surface area contributed by atoms with Gasteiger partial charge < -0.3 is 4.74 Å². The van der Waals surface area contributed by atoms with E-state index in [2.05, 4.69) is 4.72 Å². The minimum Gasteiger partial charge on any atom is -0.377 e. The first kappa shape index (κ1) is 19.8. The van der Waals surface area contributed by atoms with Crippen molar-refractivity contribution in [3.8, 4) is 16.9 Å². The molecule has 1 aliphatic heterocycles. The molecule has 0 amide bonds. The fourth-order valence-corrected chi connectivity index (χ4v) is 4.77. The van der Waals surface area contributed by atoms with Crippen LogP contribution in [0.5, 0.6) is 0 Å². The molecule has 1 N–H and O–H groups in total. The molecule has 152 valence electrons. The molecule has 0 radical (unpaired) electrons. The fraction of sp³-hybridized carbons (Fsp3) is 0.318. The molecule has 1 atom stereocenters. The van der Waals surface area contributed by atoms with Crippen molar-refractivity contribution in [3.05, 3.63) is 72.4 Å².